The van der Waals surface area contributed by atoms with Crippen LogP contribution in [0.2, 0.25) is 5.15 Å². The molecule has 0 bridgehead atoms. The van der Waals surface area contributed by atoms with Crippen molar-refractivity contribution in [3.8, 4) is 0 Å². The average Bonchev–Trinajstić information content (AvgIpc) is 2.79. The second kappa shape index (κ2) is 5.26. The van der Waals surface area contributed by atoms with Crippen LogP contribution in [-0.4, -0.2) is 9.78 Å². The fraction of sp³-hybridized carbons (Fsp3) is 0.364. The zero-order valence-electron chi connectivity index (χ0n) is 9.58. The molecule has 6 heteroatoms. The predicted molar refractivity (Wildman–Crippen MR) is 80.6 cm³/mol. The molecule has 2 heterocycles. The quantitative estimate of drug-likeness (QED) is 0.829. The lowest BCUT2D eigenvalue weighted by Crippen LogP contribution is -2.13. The fourth-order valence-corrected chi connectivity index (χ4v) is 3.45. The number of aryl methyl sites for hydroxylation is 2. The Bertz CT molecular complexity index is 535. The van der Waals surface area contributed by atoms with E-state index in [-0.39, 0.29) is 6.04 Å². The van der Waals surface area contributed by atoms with E-state index in [1.54, 1.807) is 16.0 Å². The van der Waals surface area contributed by atoms with Crippen molar-refractivity contribution in [1.29, 1.82) is 0 Å². The molecule has 1 atom stereocenters. The number of aromatic nitrogens is 2. The van der Waals surface area contributed by atoms with Crippen molar-refractivity contribution in [1.82, 2.24) is 9.78 Å². The summed E-state index contributed by atoms with van der Waals surface area (Å²) in [4.78, 5) is 0. The topological polar surface area (TPSA) is 43.8 Å². The van der Waals surface area contributed by atoms with Crippen molar-refractivity contribution < 1.29 is 0 Å². The average molecular weight is 382 g/mol. The first-order valence-corrected chi connectivity index (χ1v) is 7.50. The SMILES string of the molecule is Cc1nn(C)c(Cl)c1CC(N)c1csc(I)c1. The Kier molecular flexibility index (Phi) is 4.12. The zero-order chi connectivity index (χ0) is 12.6. The number of nitrogens with zero attached hydrogens (tertiary/aromatic N) is 2. The molecule has 2 aromatic heterocycles. The van der Waals surface area contributed by atoms with Gasteiger partial charge in [0.05, 0.1) is 8.58 Å². The minimum Gasteiger partial charge on any atom is -0.324 e. The molecule has 0 radical (unpaired) electrons. The van der Waals surface area contributed by atoms with Crippen LogP contribution >= 0.6 is 45.5 Å². The highest BCUT2D eigenvalue weighted by Gasteiger charge is 2.16. The van der Waals surface area contributed by atoms with Crippen molar-refractivity contribution in [3.63, 3.8) is 0 Å². The Morgan fingerprint density at radius 2 is 2.35 bits per heavy atom. The van der Waals surface area contributed by atoms with E-state index in [0.29, 0.717) is 5.15 Å². The van der Waals surface area contributed by atoms with Gasteiger partial charge in [0.2, 0.25) is 0 Å². The minimum absolute atomic E-state index is 0.0184. The Balaban J connectivity index is 2.21. The lowest BCUT2D eigenvalue weighted by atomic mass is 10.0. The first-order chi connectivity index (χ1) is 7.99. The van der Waals surface area contributed by atoms with E-state index in [1.165, 1.54) is 8.45 Å². The summed E-state index contributed by atoms with van der Waals surface area (Å²) in [6, 6.07) is 2.10. The third kappa shape index (κ3) is 2.83. The van der Waals surface area contributed by atoms with Gasteiger partial charge in [-0.15, -0.1) is 11.3 Å². The highest BCUT2D eigenvalue weighted by atomic mass is 127. The molecule has 17 heavy (non-hydrogen) atoms. The van der Waals surface area contributed by atoms with E-state index < -0.39 is 0 Å². The molecular weight excluding hydrogens is 369 g/mol. The highest BCUT2D eigenvalue weighted by molar-refractivity contribution is 14.1. The van der Waals surface area contributed by atoms with Crippen LogP contribution < -0.4 is 5.73 Å². The molecule has 0 aliphatic heterocycles. The molecule has 0 saturated heterocycles. The van der Waals surface area contributed by atoms with Crippen molar-refractivity contribution in [2.75, 3.05) is 0 Å². The number of rotatable bonds is 3. The van der Waals surface area contributed by atoms with Gasteiger partial charge < -0.3 is 5.73 Å². The number of thiophene rings is 1. The maximum atomic E-state index is 6.20. The van der Waals surface area contributed by atoms with E-state index in [0.717, 1.165) is 17.7 Å². The van der Waals surface area contributed by atoms with Gasteiger partial charge in [-0.25, -0.2) is 0 Å². The molecule has 2 aromatic rings. The van der Waals surface area contributed by atoms with Gasteiger partial charge >= 0.3 is 0 Å². The first-order valence-electron chi connectivity index (χ1n) is 5.16. The highest BCUT2D eigenvalue weighted by Crippen LogP contribution is 2.27. The summed E-state index contributed by atoms with van der Waals surface area (Å²) in [6.07, 6.45) is 0.727. The lowest BCUT2D eigenvalue weighted by molar-refractivity contribution is 0.721. The third-order valence-electron chi connectivity index (χ3n) is 2.71. The summed E-state index contributed by atoms with van der Waals surface area (Å²) < 4.78 is 2.94. The van der Waals surface area contributed by atoms with E-state index in [4.69, 9.17) is 17.3 Å². The third-order valence-corrected chi connectivity index (χ3v) is 4.99. The Morgan fingerprint density at radius 3 is 2.82 bits per heavy atom. The number of nitrogens with two attached hydrogens (primary N) is 1. The molecule has 0 aliphatic carbocycles. The second-order valence-corrected chi connectivity index (χ2v) is 7.14. The number of hydrogen-bond donors (Lipinski definition) is 1. The lowest BCUT2D eigenvalue weighted by Gasteiger charge is -2.09. The summed E-state index contributed by atoms with van der Waals surface area (Å²) in [7, 11) is 1.85. The maximum Gasteiger partial charge on any atom is 0.130 e. The normalized spacial score (nSPS) is 13.0. The van der Waals surface area contributed by atoms with Gasteiger partial charge in [0.1, 0.15) is 5.15 Å². The molecule has 0 aliphatic rings. The second-order valence-electron chi connectivity index (χ2n) is 3.97. The largest absolute Gasteiger partial charge is 0.324 e. The molecule has 92 valence electrons. The van der Waals surface area contributed by atoms with Gasteiger partial charge in [-0.05, 0) is 52.9 Å². The first kappa shape index (κ1) is 13.3. The van der Waals surface area contributed by atoms with Crippen LogP contribution in [0.5, 0.6) is 0 Å². The molecular formula is C11H13ClIN3S. The van der Waals surface area contributed by atoms with Crippen LogP contribution in [0.15, 0.2) is 11.4 Å². The Hall–Kier alpha value is -0.110. The van der Waals surface area contributed by atoms with Gasteiger partial charge in [-0.2, -0.15) is 5.10 Å². The smallest absolute Gasteiger partial charge is 0.130 e. The van der Waals surface area contributed by atoms with E-state index >= 15 is 0 Å². The van der Waals surface area contributed by atoms with Crippen LogP contribution in [0.25, 0.3) is 0 Å². The Labute approximate surface area is 123 Å². The molecule has 0 saturated carbocycles. The molecule has 3 nitrogen and oxygen atoms in total. The summed E-state index contributed by atoms with van der Waals surface area (Å²) in [6.45, 7) is 1.96. The standard InChI is InChI=1S/C11H13ClIN3S/c1-6-8(11(12)16(2)15-6)4-9(14)7-3-10(13)17-5-7/h3,5,9H,4,14H2,1-2H3. The fourth-order valence-electron chi connectivity index (χ4n) is 1.76. The van der Waals surface area contributed by atoms with Gasteiger partial charge in [0.25, 0.3) is 0 Å². The maximum absolute atomic E-state index is 6.20. The summed E-state index contributed by atoms with van der Waals surface area (Å²) >= 11 is 10.2. The number of halogens is 2. The van der Waals surface area contributed by atoms with E-state index in [2.05, 4.69) is 39.1 Å². The predicted octanol–water partition coefficient (Wildman–Crippen LogP) is 3.29. The van der Waals surface area contributed by atoms with Crippen LogP contribution in [0.4, 0.5) is 0 Å². The van der Waals surface area contributed by atoms with Gasteiger partial charge in [0, 0.05) is 18.7 Å². The molecule has 2 rings (SSSR count). The molecule has 0 aromatic carbocycles. The molecule has 0 amide bonds. The van der Waals surface area contributed by atoms with Gasteiger partial charge in [-0.3, -0.25) is 4.68 Å². The van der Waals surface area contributed by atoms with E-state index in [9.17, 15) is 0 Å². The molecule has 0 fully saturated rings. The summed E-state index contributed by atoms with van der Waals surface area (Å²) in [5.74, 6) is 0. The molecule has 2 N–H and O–H groups in total. The zero-order valence-corrected chi connectivity index (χ0v) is 13.3. The number of hydrogen-bond acceptors (Lipinski definition) is 3. The summed E-state index contributed by atoms with van der Waals surface area (Å²) in [5.41, 5.74) is 9.36. The van der Waals surface area contributed by atoms with Crippen molar-refractivity contribution >= 4 is 45.5 Å². The van der Waals surface area contributed by atoms with E-state index in [1.807, 2.05) is 14.0 Å². The minimum atomic E-state index is -0.0184. The Morgan fingerprint density at radius 1 is 1.65 bits per heavy atom. The monoisotopic (exact) mass is 381 g/mol. The van der Waals surface area contributed by atoms with Crippen molar-refractivity contribution in [2.45, 2.75) is 19.4 Å². The van der Waals surface area contributed by atoms with Gasteiger partial charge in [0.15, 0.2) is 0 Å². The van der Waals surface area contributed by atoms with Crippen LogP contribution in [0.3, 0.4) is 0 Å². The summed E-state index contributed by atoms with van der Waals surface area (Å²) in [5, 5.41) is 7.08. The van der Waals surface area contributed by atoms with Crippen LogP contribution in [0.1, 0.15) is 22.9 Å². The molecule has 0 spiro atoms. The van der Waals surface area contributed by atoms with Crippen LogP contribution in [0, 0.1) is 9.81 Å². The van der Waals surface area contributed by atoms with Gasteiger partial charge in [-0.1, -0.05) is 11.6 Å². The van der Waals surface area contributed by atoms with Crippen molar-refractivity contribution in [2.24, 2.45) is 12.8 Å². The molecule has 1 unspecified atom stereocenters. The van der Waals surface area contributed by atoms with Crippen molar-refractivity contribution in [3.05, 3.63) is 36.3 Å². The van der Waals surface area contributed by atoms with Crippen LogP contribution in [-0.2, 0) is 13.5 Å².